The Labute approximate surface area is 120 Å². The lowest BCUT2D eigenvalue weighted by Crippen LogP contribution is -2.57. The maximum absolute atomic E-state index is 10.9. The van der Waals surface area contributed by atoms with Crippen LogP contribution in [0.15, 0.2) is 30.3 Å². The Morgan fingerprint density at radius 2 is 1.80 bits per heavy atom. The molecule has 1 radical (unpaired) electrons. The minimum absolute atomic E-state index is 0.579. The number of primary amides is 1. The van der Waals surface area contributed by atoms with Crippen LogP contribution in [0.25, 0.3) is 0 Å². The molecule has 5 N–H and O–H groups in total. The molecule has 0 spiro atoms. The van der Waals surface area contributed by atoms with Gasteiger partial charge in [0.25, 0.3) is 5.24 Å². The number of aliphatic hydroxyl groups excluding tert-OH is 3. The molecule has 0 aliphatic carbocycles. The normalized spacial score (nSPS) is 33.9. The Morgan fingerprint density at radius 3 is 2.40 bits per heavy atom. The lowest BCUT2D eigenvalue weighted by Gasteiger charge is -2.39. The fourth-order valence-electron chi connectivity index (χ4n) is 1.98. The van der Waals surface area contributed by atoms with Gasteiger partial charge in [0.05, 0.1) is 6.10 Å². The highest BCUT2D eigenvalue weighted by Crippen LogP contribution is 2.30. The number of thioether (sulfide) groups is 1. The predicted octanol–water partition coefficient (Wildman–Crippen LogP) is -0.142. The monoisotopic (exact) mass is 298 g/mol. The summed E-state index contributed by atoms with van der Waals surface area (Å²) in [5.74, 6) is 0. The number of amides is 1. The van der Waals surface area contributed by atoms with Gasteiger partial charge in [-0.25, -0.2) is 0 Å². The first kappa shape index (κ1) is 15.3. The van der Waals surface area contributed by atoms with Gasteiger partial charge in [0, 0.05) is 6.42 Å². The van der Waals surface area contributed by atoms with Crippen molar-refractivity contribution in [3.05, 3.63) is 42.3 Å². The molecule has 7 heteroatoms. The maximum atomic E-state index is 10.9. The molecular formula is C13H16NO5S. The van der Waals surface area contributed by atoms with Gasteiger partial charge >= 0.3 is 0 Å². The molecule has 0 aromatic heterocycles. The van der Waals surface area contributed by atoms with Crippen molar-refractivity contribution in [2.75, 3.05) is 0 Å². The van der Waals surface area contributed by atoms with Crippen molar-refractivity contribution in [2.45, 2.75) is 29.9 Å². The van der Waals surface area contributed by atoms with Gasteiger partial charge in [-0.2, -0.15) is 0 Å². The molecule has 1 aromatic carbocycles. The van der Waals surface area contributed by atoms with Crippen LogP contribution in [0.4, 0.5) is 4.79 Å². The SMILES string of the molecule is NC(=O)SC1OC([CH]c2ccccc2)C(O)C(O)C1O. The Hall–Kier alpha value is -1.12. The Balaban J connectivity index is 2.09. The molecule has 2 rings (SSSR count). The molecule has 1 saturated heterocycles. The second-order valence-corrected chi connectivity index (χ2v) is 5.56. The van der Waals surface area contributed by atoms with Crippen molar-refractivity contribution < 1.29 is 24.9 Å². The Kier molecular flexibility index (Phi) is 5.00. The van der Waals surface area contributed by atoms with Crippen molar-refractivity contribution >= 4 is 17.0 Å². The van der Waals surface area contributed by atoms with Crippen LogP contribution in [0.2, 0.25) is 0 Å². The third kappa shape index (κ3) is 3.50. The van der Waals surface area contributed by atoms with Gasteiger partial charge in [0.2, 0.25) is 0 Å². The average Bonchev–Trinajstić information content (AvgIpc) is 2.42. The van der Waals surface area contributed by atoms with Crippen LogP contribution in [0.1, 0.15) is 5.56 Å². The van der Waals surface area contributed by atoms with E-state index in [2.05, 4.69) is 0 Å². The number of ether oxygens (including phenoxy) is 1. The highest BCUT2D eigenvalue weighted by atomic mass is 32.2. The molecule has 1 amide bonds. The van der Waals surface area contributed by atoms with Crippen molar-refractivity contribution in [3.8, 4) is 0 Å². The number of hydrogen-bond acceptors (Lipinski definition) is 6. The van der Waals surface area contributed by atoms with Crippen molar-refractivity contribution in [2.24, 2.45) is 5.73 Å². The van der Waals surface area contributed by atoms with E-state index >= 15 is 0 Å². The minimum Gasteiger partial charge on any atom is -0.388 e. The summed E-state index contributed by atoms with van der Waals surface area (Å²) in [7, 11) is 0. The van der Waals surface area contributed by atoms with E-state index in [0.717, 1.165) is 5.56 Å². The summed E-state index contributed by atoms with van der Waals surface area (Å²) in [5.41, 5.74) is 4.82. The van der Waals surface area contributed by atoms with Gasteiger partial charge < -0.3 is 25.8 Å². The highest BCUT2D eigenvalue weighted by molar-refractivity contribution is 8.13. The minimum atomic E-state index is -1.41. The average molecular weight is 298 g/mol. The molecule has 6 nitrogen and oxygen atoms in total. The van der Waals surface area contributed by atoms with Gasteiger partial charge in [-0.15, -0.1) is 0 Å². The molecule has 1 fully saturated rings. The third-order valence-corrected chi connectivity index (χ3v) is 3.85. The smallest absolute Gasteiger partial charge is 0.279 e. The summed E-state index contributed by atoms with van der Waals surface area (Å²) in [6.45, 7) is 0. The van der Waals surface area contributed by atoms with E-state index in [0.29, 0.717) is 11.8 Å². The molecular weight excluding hydrogens is 282 g/mol. The van der Waals surface area contributed by atoms with E-state index in [1.165, 1.54) is 0 Å². The van der Waals surface area contributed by atoms with Crippen molar-refractivity contribution in [3.63, 3.8) is 0 Å². The maximum Gasteiger partial charge on any atom is 0.279 e. The molecule has 5 atom stereocenters. The van der Waals surface area contributed by atoms with Gasteiger partial charge in [0.15, 0.2) is 0 Å². The molecule has 0 saturated carbocycles. The van der Waals surface area contributed by atoms with E-state index in [4.69, 9.17) is 10.5 Å². The summed E-state index contributed by atoms with van der Waals surface area (Å²) in [5, 5.41) is 28.8. The fourth-order valence-corrected chi connectivity index (χ4v) is 2.69. The van der Waals surface area contributed by atoms with Crippen LogP contribution in [0, 0.1) is 6.42 Å². The quantitative estimate of drug-likeness (QED) is 0.618. The lowest BCUT2D eigenvalue weighted by molar-refractivity contribution is -0.187. The molecule has 1 heterocycles. The van der Waals surface area contributed by atoms with E-state index < -0.39 is 35.1 Å². The number of nitrogens with two attached hydrogens (primary N) is 1. The van der Waals surface area contributed by atoms with Gasteiger partial charge in [0.1, 0.15) is 23.7 Å². The molecule has 109 valence electrons. The summed E-state index contributed by atoms with van der Waals surface area (Å²) in [6, 6.07) is 9.11. The number of carbonyl (C=O) groups is 1. The molecule has 1 aromatic rings. The van der Waals surface area contributed by atoms with Gasteiger partial charge in [-0.05, 0) is 17.3 Å². The largest absolute Gasteiger partial charge is 0.388 e. The van der Waals surface area contributed by atoms with Crippen LogP contribution in [0.5, 0.6) is 0 Å². The van der Waals surface area contributed by atoms with Crippen molar-refractivity contribution in [1.29, 1.82) is 0 Å². The number of hydrogen-bond donors (Lipinski definition) is 4. The van der Waals surface area contributed by atoms with E-state index in [9.17, 15) is 20.1 Å². The van der Waals surface area contributed by atoms with E-state index in [-0.39, 0.29) is 0 Å². The van der Waals surface area contributed by atoms with Crippen LogP contribution in [0.3, 0.4) is 0 Å². The number of aliphatic hydroxyl groups is 3. The number of benzene rings is 1. The lowest BCUT2D eigenvalue weighted by atomic mass is 9.95. The predicted molar refractivity (Wildman–Crippen MR) is 73.7 cm³/mol. The number of carbonyl (C=O) groups excluding carboxylic acids is 1. The first-order valence-corrected chi connectivity index (χ1v) is 6.92. The van der Waals surface area contributed by atoms with Crippen LogP contribution in [-0.2, 0) is 4.74 Å². The van der Waals surface area contributed by atoms with E-state index in [1.807, 2.05) is 30.3 Å². The van der Waals surface area contributed by atoms with Crippen molar-refractivity contribution in [1.82, 2.24) is 0 Å². The van der Waals surface area contributed by atoms with Gasteiger partial charge in [-0.3, -0.25) is 4.79 Å². The van der Waals surface area contributed by atoms with Gasteiger partial charge in [-0.1, -0.05) is 30.3 Å². The summed E-state index contributed by atoms with van der Waals surface area (Å²) in [6.07, 6.45) is -3.30. The summed E-state index contributed by atoms with van der Waals surface area (Å²) in [4.78, 5) is 10.9. The highest BCUT2D eigenvalue weighted by Gasteiger charge is 2.44. The summed E-state index contributed by atoms with van der Waals surface area (Å²) >= 11 is 0.579. The number of rotatable bonds is 3. The first-order valence-electron chi connectivity index (χ1n) is 6.04. The zero-order chi connectivity index (χ0) is 14.7. The summed E-state index contributed by atoms with van der Waals surface area (Å²) < 4.78 is 5.44. The molecule has 20 heavy (non-hydrogen) atoms. The van der Waals surface area contributed by atoms with Crippen LogP contribution < -0.4 is 5.73 Å². The molecule has 1 aliphatic heterocycles. The fraction of sp³-hybridized carbons (Fsp3) is 0.385. The Morgan fingerprint density at radius 1 is 1.15 bits per heavy atom. The molecule has 0 bridgehead atoms. The molecule has 5 unspecified atom stereocenters. The second kappa shape index (κ2) is 6.55. The van der Waals surface area contributed by atoms with Crippen LogP contribution in [-0.4, -0.2) is 50.4 Å². The first-order chi connectivity index (χ1) is 9.49. The molecule has 1 aliphatic rings. The standard InChI is InChI=1S/C13H16NO5S/c14-13(18)20-12-11(17)10(16)9(15)8(19-12)6-7-4-2-1-3-5-7/h1-6,8-12,15-17H,(H2,14,18). The third-order valence-electron chi connectivity index (χ3n) is 3.00. The zero-order valence-corrected chi connectivity index (χ0v) is 11.3. The Bertz CT molecular complexity index is 457. The van der Waals surface area contributed by atoms with Crippen LogP contribution >= 0.6 is 11.8 Å². The topological polar surface area (TPSA) is 113 Å². The van der Waals surface area contributed by atoms with E-state index in [1.54, 1.807) is 6.42 Å². The zero-order valence-electron chi connectivity index (χ0n) is 10.5. The second-order valence-electron chi connectivity index (χ2n) is 4.46.